The zero-order valence-corrected chi connectivity index (χ0v) is 10.5. The summed E-state index contributed by atoms with van der Waals surface area (Å²) in [6.45, 7) is 2.23. The third-order valence-corrected chi connectivity index (χ3v) is 3.47. The Kier molecular flexibility index (Phi) is 3.94. The molecular formula is C14H14O2S. The Morgan fingerprint density at radius 3 is 3.00 bits per heavy atom. The molecule has 0 spiro atoms. The van der Waals surface area contributed by atoms with Gasteiger partial charge in [0.15, 0.2) is 0 Å². The maximum Gasteiger partial charge on any atom is 0.330 e. The van der Waals surface area contributed by atoms with Crippen molar-refractivity contribution in [3.8, 4) is 0 Å². The summed E-state index contributed by atoms with van der Waals surface area (Å²) in [4.78, 5) is 12.4. The Hall–Kier alpha value is -1.61. The summed E-state index contributed by atoms with van der Waals surface area (Å²) in [6.07, 6.45) is 4.12. The van der Waals surface area contributed by atoms with Crippen molar-refractivity contribution in [1.82, 2.24) is 0 Å². The monoisotopic (exact) mass is 246 g/mol. The lowest BCUT2D eigenvalue weighted by Gasteiger charge is -1.93. The topological polar surface area (TPSA) is 26.3 Å². The lowest BCUT2D eigenvalue weighted by atomic mass is 10.2. The smallest absolute Gasteiger partial charge is 0.330 e. The van der Waals surface area contributed by atoms with Crippen LogP contribution in [-0.2, 0) is 16.0 Å². The summed E-state index contributed by atoms with van der Waals surface area (Å²) < 4.78 is 6.10. The Balaban J connectivity index is 2.01. The van der Waals surface area contributed by atoms with Crippen molar-refractivity contribution >= 4 is 27.4 Å². The second-order valence-electron chi connectivity index (χ2n) is 3.61. The van der Waals surface area contributed by atoms with Crippen LogP contribution in [0.1, 0.15) is 11.8 Å². The normalized spacial score (nSPS) is 11.1. The van der Waals surface area contributed by atoms with Gasteiger partial charge in [-0.2, -0.15) is 0 Å². The van der Waals surface area contributed by atoms with Crippen LogP contribution >= 0.6 is 11.3 Å². The number of ether oxygens (including phenoxy) is 1. The zero-order valence-electron chi connectivity index (χ0n) is 9.68. The van der Waals surface area contributed by atoms with Gasteiger partial charge in [0.05, 0.1) is 6.61 Å². The van der Waals surface area contributed by atoms with Crippen molar-refractivity contribution in [3.05, 3.63) is 47.4 Å². The maximum absolute atomic E-state index is 11.1. The van der Waals surface area contributed by atoms with E-state index in [-0.39, 0.29) is 5.97 Å². The molecule has 0 radical (unpaired) electrons. The number of fused-ring (bicyclic) bond motifs is 1. The molecule has 0 atom stereocenters. The van der Waals surface area contributed by atoms with Crippen LogP contribution in [0.2, 0.25) is 0 Å². The fourth-order valence-corrected chi connectivity index (χ4v) is 2.64. The van der Waals surface area contributed by atoms with E-state index in [4.69, 9.17) is 4.74 Å². The highest BCUT2D eigenvalue weighted by Gasteiger charge is 1.99. The number of thiophene rings is 1. The molecule has 0 unspecified atom stereocenters. The van der Waals surface area contributed by atoms with Gasteiger partial charge in [0.2, 0.25) is 0 Å². The van der Waals surface area contributed by atoms with Crippen LogP contribution < -0.4 is 0 Å². The first-order chi connectivity index (χ1) is 8.29. The number of carbonyl (C=O) groups is 1. The largest absolute Gasteiger partial charge is 0.463 e. The van der Waals surface area contributed by atoms with Gasteiger partial charge in [-0.15, -0.1) is 11.3 Å². The highest BCUT2D eigenvalue weighted by Crippen LogP contribution is 2.25. The van der Waals surface area contributed by atoms with Crippen molar-refractivity contribution < 1.29 is 9.53 Å². The summed E-state index contributed by atoms with van der Waals surface area (Å²) in [6, 6.07) is 10.4. The number of allylic oxidation sites excluding steroid dienone is 1. The summed E-state index contributed by atoms with van der Waals surface area (Å²) in [5.74, 6) is -0.270. The van der Waals surface area contributed by atoms with Crippen molar-refractivity contribution in [2.75, 3.05) is 6.61 Å². The molecule has 0 bridgehead atoms. The second kappa shape index (κ2) is 5.64. The van der Waals surface area contributed by atoms with E-state index in [0.717, 1.165) is 6.42 Å². The van der Waals surface area contributed by atoms with Crippen LogP contribution in [0.3, 0.4) is 0 Å². The quantitative estimate of drug-likeness (QED) is 0.609. The molecular weight excluding hydrogens is 232 g/mol. The Labute approximate surface area is 105 Å². The van der Waals surface area contributed by atoms with Crippen LogP contribution in [0.25, 0.3) is 10.1 Å². The minimum atomic E-state index is -0.270. The third-order valence-electron chi connectivity index (χ3n) is 2.34. The molecule has 17 heavy (non-hydrogen) atoms. The van der Waals surface area contributed by atoms with Crippen molar-refractivity contribution in [2.45, 2.75) is 13.3 Å². The van der Waals surface area contributed by atoms with Gasteiger partial charge >= 0.3 is 5.97 Å². The summed E-state index contributed by atoms with van der Waals surface area (Å²) in [5.41, 5.74) is 0. The van der Waals surface area contributed by atoms with Gasteiger partial charge < -0.3 is 4.74 Å². The van der Waals surface area contributed by atoms with Gasteiger partial charge in [0.25, 0.3) is 0 Å². The van der Waals surface area contributed by atoms with Crippen LogP contribution in [0, 0.1) is 0 Å². The molecule has 1 aromatic carbocycles. The van der Waals surface area contributed by atoms with Gasteiger partial charge in [-0.25, -0.2) is 4.79 Å². The van der Waals surface area contributed by atoms with E-state index in [1.54, 1.807) is 18.3 Å². The minimum Gasteiger partial charge on any atom is -0.463 e. The molecule has 0 amide bonds. The van der Waals surface area contributed by atoms with Gasteiger partial charge in [-0.3, -0.25) is 0 Å². The van der Waals surface area contributed by atoms with Gasteiger partial charge in [0, 0.05) is 22.1 Å². The first-order valence-electron chi connectivity index (χ1n) is 5.60. The van der Waals surface area contributed by atoms with E-state index in [9.17, 15) is 4.79 Å². The molecule has 0 aliphatic heterocycles. The Morgan fingerprint density at radius 1 is 1.41 bits per heavy atom. The molecule has 1 heterocycles. The van der Waals surface area contributed by atoms with Crippen LogP contribution in [0.15, 0.2) is 42.5 Å². The van der Waals surface area contributed by atoms with E-state index in [2.05, 4.69) is 18.2 Å². The minimum absolute atomic E-state index is 0.270. The maximum atomic E-state index is 11.1. The number of hydrogen-bond acceptors (Lipinski definition) is 3. The highest BCUT2D eigenvalue weighted by molar-refractivity contribution is 7.19. The zero-order chi connectivity index (χ0) is 12.1. The molecule has 0 fully saturated rings. The van der Waals surface area contributed by atoms with E-state index >= 15 is 0 Å². The predicted molar refractivity (Wildman–Crippen MR) is 71.3 cm³/mol. The fraction of sp³-hybridized carbons (Fsp3) is 0.214. The molecule has 0 aliphatic carbocycles. The van der Waals surface area contributed by atoms with E-state index < -0.39 is 0 Å². The first-order valence-corrected chi connectivity index (χ1v) is 6.42. The van der Waals surface area contributed by atoms with E-state index in [0.29, 0.717) is 6.61 Å². The molecule has 88 valence electrons. The number of esters is 1. The fourth-order valence-electron chi connectivity index (χ4n) is 1.60. The molecule has 3 heteroatoms. The summed E-state index contributed by atoms with van der Waals surface area (Å²) >= 11 is 1.76. The lowest BCUT2D eigenvalue weighted by molar-refractivity contribution is -0.137. The van der Waals surface area contributed by atoms with Crippen LogP contribution in [0.5, 0.6) is 0 Å². The molecule has 2 rings (SSSR count). The molecule has 1 aromatic heterocycles. The number of hydrogen-bond donors (Lipinski definition) is 0. The van der Waals surface area contributed by atoms with Gasteiger partial charge in [-0.05, 0) is 24.4 Å². The average molecular weight is 246 g/mol. The Bertz CT molecular complexity index is 507. The lowest BCUT2D eigenvalue weighted by Crippen LogP contribution is -1.98. The first kappa shape index (κ1) is 11.9. The van der Waals surface area contributed by atoms with Gasteiger partial charge in [0.1, 0.15) is 0 Å². The molecule has 0 saturated carbocycles. The van der Waals surface area contributed by atoms with Crippen LogP contribution in [-0.4, -0.2) is 12.6 Å². The number of rotatable bonds is 4. The van der Waals surface area contributed by atoms with Crippen LogP contribution in [0.4, 0.5) is 0 Å². The number of benzene rings is 1. The molecule has 0 aliphatic rings. The number of carbonyl (C=O) groups excluding carboxylic acids is 1. The van der Waals surface area contributed by atoms with Gasteiger partial charge in [-0.1, -0.05) is 24.3 Å². The molecule has 2 nitrogen and oxygen atoms in total. The van der Waals surface area contributed by atoms with Crippen molar-refractivity contribution in [2.24, 2.45) is 0 Å². The average Bonchev–Trinajstić information content (AvgIpc) is 2.71. The summed E-state index contributed by atoms with van der Waals surface area (Å²) in [7, 11) is 0. The van der Waals surface area contributed by atoms with E-state index in [1.165, 1.54) is 21.0 Å². The SMILES string of the molecule is CCOC(=O)/C=C/Cc1cc2ccccc2s1. The third kappa shape index (κ3) is 3.17. The van der Waals surface area contributed by atoms with E-state index in [1.807, 2.05) is 18.2 Å². The van der Waals surface area contributed by atoms with Crippen molar-refractivity contribution in [1.29, 1.82) is 0 Å². The summed E-state index contributed by atoms with van der Waals surface area (Å²) in [5, 5.41) is 1.26. The molecule has 0 saturated heterocycles. The molecule has 2 aromatic rings. The Morgan fingerprint density at radius 2 is 2.24 bits per heavy atom. The predicted octanol–water partition coefficient (Wildman–Crippen LogP) is 3.56. The second-order valence-corrected chi connectivity index (χ2v) is 4.78. The highest BCUT2D eigenvalue weighted by atomic mass is 32.1. The molecule has 0 N–H and O–H groups in total. The van der Waals surface area contributed by atoms with Crippen molar-refractivity contribution in [3.63, 3.8) is 0 Å². The standard InChI is InChI=1S/C14H14O2S/c1-2-16-14(15)9-5-7-12-10-11-6-3-4-8-13(11)17-12/h3-6,8-10H,2,7H2,1H3/b9-5+.